The fraction of sp³-hybridized carbons (Fsp3) is 0.800. The second-order valence-electron chi connectivity index (χ2n) is 4.56. The molecule has 0 aromatic carbocycles. The highest BCUT2D eigenvalue weighted by atomic mass is 16.8. The third kappa shape index (κ3) is 0.951. The minimum atomic E-state index is -0.398. The van der Waals surface area contributed by atoms with E-state index in [9.17, 15) is 0 Å². The van der Waals surface area contributed by atoms with Gasteiger partial charge in [0.1, 0.15) is 12.2 Å². The molecule has 1 unspecified atom stereocenters. The lowest BCUT2D eigenvalue weighted by molar-refractivity contribution is -0.153. The fourth-order valence-corrected chi connectivity index (χ4v) is 2.64. The molecule has 3 saturated heterocycles. The zero-order valence-corrected chi connectivity index (χ0v) is 8.06. The Labute approximate surface area is 78.3 Å². The van der Waals surface area contributed by atoms with E-state index < -0.39 is 5.79 Å². The normalized spacial score (nSPS) is 55.7. The van der Waals surface area contributed by atoms with Crippen molar-refractivity contribution in [2.45, 2.75) is 43.9 Å². The average molecular weight is 181 g/mol. The Kier molecular flexibility index (Phi) is 1.33. The second-order valence-corrected chi connectivity index (χ2v) is 4.56. The summed E-state index contributed by atoms with van der Waals surface area (Å²) in [6, 6.07) is 0.964. The molecule has 3 fully saturated rings. The molecule has 0 spiro atoms. The van der Waals surface area contributed by atoms with Crippen molar-refractivity contribution in [3.8, 4) is 0 Å². The van der Waals surface area contributed by atoms with Gasteiger partial charge in [-0.1, -0.05) is 6.08 Å². The summed E-state index contributed by atoms with van der Waals surface area (Å²) < 4.78 is 11.7. The van der Waals surface area contributed by atoms with Crippen molar-refractivity contribution in [3.63, 3.8) is 0 Å². The van der Waals surface area contributed by atoms with Crippen LogP contribution < -0.4 is 0 Å². The topological polar surface area (TPSA) is 21.5 Å². The molecular weight excluding hydrogens is 166 g/mol. The van der Waals surface area contributed by atoms with Crippen molar-refractivity contribution < 1.29 is 9.47 Å². The van der Waals surface area contributed by atoms with E-state index in [0.717, 1.165) is 6.54 Å². The summed E-state index contributed by atoms with van der Waals surface area (Å²) in [5.74, 6) is -0.398. The molecule has 3 aliphatic rings. The number of ether oxygens (including phenoxy) is 2. The molecule has 3 nitrogen and oxygen atoms in total. The predicted octanol–water partition coefficient (Wildman–Crippen LogP) is 0.759. The van der Waals surface area contributed by atoms with Crippen molar-refractivity contribution >= 4 is 0 Å². The molecule has 13 heavy (non-hydrogen) atoms. The Morgan fingerprint density at radius 3 is 2.77 bits per heavy atom. The van der Waals surface area contributed by atoms with Gasteiger partial charge >= 0.3 is 0 Å². The van der Waals surface area contributed by atoms with Gasteiger partial charge in [0, 0.05) is 6.54 Å². The first kappa shape index (κ1) is 7.97. The Morgan fingerprint density at radius 1 is 1.38 bits per heavy atom. The monoisotopic (exact) mass is 181 g/mol. The molecule has 0 saturated carbocycles. The predicted molar refractivity (Wildman–Crippen MR) is 48.3 cm³/mol. The van der Waals surface area contributed by atoms with Gasteiger partial charge in [-0.3, -0.25) is 4.90 Å². The molecule has 0 radical (unpaired) electrons. The molecule has 3 aliphatic heterocycles. The van der Waals surface area contributed by atoms with Gasteiger partial charge in [-0.15, -0.1) is 6.58 Å². The van der Waals surface area contributed by atoms with Crippen molar-refractivity contribution in [1.29, 1.82) is 0 Å². The lowest BCUT2D eigenvalue weighted by Gasteiger charge is -2.21. The van der Waals surface area contributed by atoms with Gasteiger partial charge in [-0.2, -0.15) is 0 Å². The van der Waals surface area contributed by atoms with Crippen LogP contribution in [0.15, 0.2) is 12.7 Å². The first-order chi connectivity index (χ1) is 6.12. The highest BCUT2D eigenvalue weighted by molar-refractivity contribution is 5.19. The van der Waals surface area contributed by atoms with E-state index in [1.54, 1.807) is 0 Å². The van der Waals surface area contributed by atoms with E-state index in [1.807, 2.05) is 19.9 Å². The summed E-state index contributed by atoms with van der Waals surface area (Å²) in [7, 11) is 0. The molecule has 3 heteroatoms. The molecule has 3 heterocycles. The maximum atomic E-state index is 5.85. The molecule has 0 amide bonds. The minimum Gasteiger partial charge on any atom is -0.343 e. The molecule has 5 atom stereocenters. The molecular formula is C10H15NO2. The maximum absolute atomic E-state index is 5.85. The van der Waals surface area contributed by atoms with E-state index in [2.05, 4.69) is 11.5 Å². The Hall–Kier alpha value is -0.380. The number of hydrogen-bond acceptors (Lipinski definition) is 3. The van der Waals surface area contributed by atoms with Crippen LogP contribution in [0.4, 0.5) is 0 Å². The molecule has 72 valence electrons. The van der Waals surface area contributed by atoms with Crippen molar-refractivity contribution in [3.05, 3.63) is 12.7 Å². The minimum absolute atomic E-state index is 0.214. The number of rotatable bonds is 1. The molecule has 0 aromatic rings. The molecule has 0 bridgehead atoms. The van der Waals surface area contributed by atoms with Crippen LogP contribution in [0.3, 0.4) is 0 Å². The summed E-state index contributed by atoms with van der Waals surface area (Å²) in [5.41, 5.74) is 0. The summed E-state index contributed by atoms with van der Waals surface area (Å²) in [5, 5.41) is 0. The highest BCUT2D eigenvalue weighted by Crippen LogP contribution is 2.46. The molecule has 0 aromatic heterocycles. The van der Waals surface area contributed by atoms with Crippen molar-refractivity contribution in [1.82, 2.24) is 4.90 Å². The Bertz CT molecular complexity index is 264. The second kappa shape index (κ2) is 2.16. The van der Waals surface area contributed by atoms with Crippen LogP contribution in [0.1, 0.15) is 13.8 Å². The van der Waals surface area contributed by atoms with Gasteiger partial charge in [0.25, 0.3) is 0 Å². The van der Waals surface area contributed by atoms with Gasteiger partial charge in [0.05, 0.1) is 12.1 Å². The molecule has 0 N–H and O–H groups in total. The first-order valence-corrected chi connectivity index (χ1v) is 4.86. The molecule has 0 aliphatic carbocycles. The quantitative estimate of drug-likeness (QED) is 0.440. The van der Waals surface area contributed by atoms with Gasteiger partial charge in [0.15, 0.2) is 5.79 Å². The standard InChI is InChI=1S/C10H15NO2/c1-4-6-8-9(7-5-11(6)7)13-10(2,3)12-8/h4,6-9H,1,5H2,2-3H3/t6-,7-,8-,9+,11?/m0/s1. The van der Waals surface area contributed by atoms with Crippen LogP contribution in [-0.4, -0.2) is 41.5 Å². The van der Waals surface area contributed by atoms with E-state index >= 15 is 0 Å². The van der Waals surface area contributed by atoms with E-state index in [-0.39, 0.29) is 12.2 Å². The summed E-state index contributed by atoms with van der Waals surface area (Å²) in [6.45, 7) is 8.97. The number of fused-ring (bicyclic) bond motifs is 3. The average Bonchev–Trinajstić information content (AvgIpc) is 2.66. The summed E-state index contributed by atoms with van der Waals surface area (Å²) in [4.78, 5) is 2.39. The van der Waals surface area contributed by atoms with Crippen LogP contribution in [0.25, 0.3) is 0 Å². The van der Waals surface area contributed by atoms with Crippen LogP contribution in [0.2, 0.25) is 0 Å². The van der Waals surface area contributed by atoms with Crippen LogP contribution in [0.5, 0.6) is 0 Å². The van der Waals surface area contributed by atoms with Gasteiger partial charge < -0.3 is 9.47 Å². The summed E-state index contributed by atoms with van der Waals surface area (Å²) >= 11 is 0. The van der Waals surface area contributed by atoms with E-state index in [0.29, 0.717) is 12.1 Å². The van der Waals surface area contributed by atoms with E-state index in [4.69, 9.17) is 9.47 Å². The first-order valence-electron chi connectivity index (χ1n) is 4.86. The lowest BCUT2D eigenvalue weighted by atomic mass is 10.1. The van der Waals surface area contributed by atoms with Crippen LogP contribution in [-0.2, 0) is 9.47 Å². The third-order valence-corrected chi connectivity index (χ3v) is 3.19. The summed E-state index contributed by atoms with van der Waals surface area (Å²) in [6.07, 6.45) is 2.47. The lowest BCUT2D eigenvalue weighted by Crippen LogP contribution is -2.33. The Balaban J connectivity index is 1.87. The number of piperidine rings is 1. The van der Waals surface area contributed by atoms with Crippen LogP contribution >= 0.6 is 0 Å². The van der Waals surface area contributed by atoms with Crippen molar-refractivity contribution in [2.24, 2.45) is 0 Å². The van der Waals surface area contributed by atoms with Gasteiger partial charge in [-0.25, -0.2) is 0 Å². The van der Waals surface area contributed by atoms with Gasteiger partial charge in [0.2, 0.25) is 0 Å². The molecule has 3 rings (SSSR count). The highest BCUT2D eigenvalue weighted by Gasteiger charge is 2.63. The SMILES string of the molecule is C=C[C@H]1[C@@H]2OC(C)(C)O[C@@H]2[C@@H]2CN12. The van der Waals surface area contributed by atoms with E-state index in [1.165, 1.54) is 0 Å². The number of nitrogens with zero attached hydrogens (tertiary/aromatic N) is 1. The van der Waals surface area contributed by atoms with Crippen molar-refractivity contribution in [2.75, 3.05) is 6.54 Å². The van der Waals surface area contributed by atoms with Crippen LogP contribution in [0, 0.1) is 0 Å². The smallest absolute Gasteiger partial charge is 0.163 e. The zero-order valence-electron chi connectivity index (χ0n) is 8.06. The maximum Gasteiger partial charge on any atom is 0.163 e. The fourth-order valence-electron chi connectivity index (χ4n) is 2.64. The number of hydrogen-bond donors (Lipinski definition) is 0. The third-order valence-electron chi connectivity index (χ3n) is 3.19. The largest absolute Gasteiger partial charge is 0.343 e. The van der Waals surface area contributed by atoms with Gasteiger partial charge in [-0.05, 0) is 13.8 Å². The Morgan fingerprint density at radius 2 is 2.08 bits per heavy atom. The zero-order chi connectivity index (χ0) is 9.22.